The van der Waals surface area contributed by atoms with Crippen molar-refractivity contribution in [2.45, 2.75) is 45.1 Å². The van der Waals surface area contributed by atoms with Gasteiger partial charge in [-0.25, -0.2) is 4.79 Å². The number of piperidine rings is 1. The summed E-state index contributed by atoms with van der Waals surface area (Å²) >= 11 is 0. The first-order chi connectivity index (χ1) is 13.7. The average Bonchev–Trinajstić information content (AvgIpc) is 3.19. The monoisotopic (exact) mass is 388 g/mol. The minimum Gasteiger partial charge on any atom is -0.495 e. The molecule has 2 aliphatic rings. The summed E-state index contributed by atoms with van der Waals surface area (Å²) in [4.78, 5) is 17.0. The Balaban J connectivity index is 1.31. The molecule has 2 fully saturated rings. The van der Waals surface area contributed by atoms with Crippen LogP contribution in [0.15, 0.2) is 24.3 Å². The fourth-order valence-electron chi connectivity index (χ4n) is 4.38. The molecule has 3 rings (SSSR count). The molecule has 2 amide bonds. The van der Waals surface area contributed by atoms with Crippen LogP contribution in [0.2, 0.25) is 0 Å². The van der Waals surface area contributed by atoms with Gasteiger partial charge in [0.15, 0.2) is 0 Å². The van der Waals surface area contributed by atoms with Crippen LogP contribution in [0, 0.1) is 5.92 Å². The van der Waals surface area contributed by atoms with Crippen molar-refractivity contribution in [3.8, 4) is 5.75 Å². The Morgan fingerprint density at radius 2 is 2.04 bits per heavy atom. The van der Waals surface area contributed by atoms with Crippen molar-refractivity contribution in [1.29, 1.82) is 0 Å². The molecule has 156 valence electrons. The number of rotatable bonds is 8. The van der Waals surface area contributed by atoms with Gasteiger partial charge in [-0.15, -0.1) is 0 Å². The van der Waals surface area contributed by atoms with Crippen LogP contribution in [-0.4, -0.2) is 63.4 Å². The minimum absolute atomic E-state index is 0.0394. The van der Waals surface area contributed by atoms with Crippen LogP contribution in [0.1, 0.15) is 39.0 Å². The van der Waals surface area contributed by atoms with E-state index in [1.54, 1.807) is 7.11 Å². The van der Waals surface area contributed by atoms with Crippen molar-refractivity contribution in [3.63, 3.8) is 0 Å². The maximum absolute atomic E-state index is 12.1. The van der Waals surface area contributed by atoms with Gasteiger partial charge in [0.2, 0.25) is 0 Å². The topological polar surface area (TPSA) is 56.8 Å². The molecule has 0 saturated carbocycles. The number of benzene rings is 1. The van der Waals surface area contributed by atoms with Gasteiger partial charge < -0.3 is 25.2 Å². The fourth-order valence-corrected chi connectivity index (χ4v) is 4.38. The first kappa shape index (κ1) is 20.8. The number of ether oxygens (including phenoxy) is 1. The largest absolute Gasteiger partial charge is 0.495 e. The summed E-state index contributed by atoms with van der Waals surface area (Å²) < 4.78 is 5.47. The minimum atomic E-state index is -0.0394. The molecule has 0 aliphatic carbocycles. The third-order valence-corrected chi connectivity index (χ3v) is 6.11. The molecule has 2 saturated heterocycles. The molecule has 2 aliphatic heterocycles. The summed E-state index contributed by atoms with van der Waals surface area (Å²) in [5, 5.41) is 6.06. The van der Waals surface area contributed by atoms with E-state index in [-0.39, 0.29) is 6.03 Å². The predicted molar refractivity (Wildman–Crippen MR) is 114 cm³/mol. The average molecular weight is 389 g/mol. The molecule has 2 heterocycles. The third kappa shape index (κ3) is 5.77. The second-order valence-electron chi connectivity index (χ2n) is 8.14. The van der Waals surface area contributed by atoms with Crippen molar-refractivity contribution in [2.24, 2.45) is 5.92 Å². The number of para-hydroxylation sites is 2. The summed E-state index contributed by atoms with van der Waals surface area (Å²) in [7, 11) is 1.71. The van der Waals surface area contributed by atoms with Crippen LogP contribution < -0.4 is 20.3 Å². The number of carbonyl (C=O) groups excluding carboxylic acids is 1. The van der Waals surface area contributed by atoms with E-state index in [4.69, 9.17) is 4.74 Å². The predicted octanol–water partition coefficient (Wildman–Crippen LogP) is 3.09. The van der Waals surface area contributed by atoms with Crippen LogP contribution in [0.5, 0.6) is 5.75 Å². The van der Waals surface area contributed by atoms with Crippen LogP contribution in [0.3, 0.4) is 0 Å². The highest BCUT2D eigenvalue weighted by atomic mass is 16.5. The number of urea groups is 1. The van der Waals surface area contributed by atoms with E-state index in [2.05, 4.69) is 33.4 Å². The van der Waals surface area contributed by atoms with Crippen LogP contribution >= 0.6 is 0 Å². The summed E-state index contributed by atoms with van der Waals surface area (Å²) in [6.07, 6.45) is 6.08. The van der Waals surface area contributed by atoms with Gasteiger partial charge in [0, 0.05) is 38.8 Å². The molecule has 1 aromatic rings. The zero-order valence-corrected chi connectivity index (χ0v) is 17.5. The summed E-state index contributed by atoms with van der Waals surface area (Å²) in [5.74, 6) is 1.39. The zero-order valence-electron chi connectivity index (χ0n) is 17.5. The summed E-state index contributed by atoms with van der Waals surface area (Å²) in [6, 6.07) is 8.79. The molecule has 28 heavy (non-hydrogen) atoms. The van der Waals surface area contributed by atoms with Crippen molar-refractivity contribution < 1.29 is 9.53 Å². The van der Waals surface area contributed by atoms with E-state index in [1.807, 2.05) is 18.2 Å². The third-order valence-electron chi connectivity index (χ3n) is 6.11. The molecule has 1 aromatic carbocycles. The molecule has 0 aromatic heterocycles. The lowest BCUT2D eigenvalue weighted by Crippen LogP contribution is -2.41. The van der Waals surface area contributed by atoms with Crippen molar-refractivity contribution in [1.82, 2.24) is 15.5 Å². The second-order valence-corrected chi connectivity index (χ2v) is 8.14. The molecule has 2 unspecified atom stereocenters. The Bertz CT molecular complexity index is 624. The number of anilines is 1. The number of carbonyl (C=O) groups is 1. The van der Waals surface area contributed by atoms with Gasteiger partial charge in [-0.2, -0.15) is 0 Å². The molecule has 2 N–H and O–H groups in total. The lowest BCUT2D eigenvalue weighted by molar-refractivity contribution is 0.159. The van der Waals surface area contributed by atoms with E-state index in [9.17, 15) is 4.79 Å². The first-order valence-electron chi connectivity index (χ1n) is 10.8. The van der Waals surface area contributed by atoms with Crippen LogP contribution in [-0.2, 0) is 0 Å². The number of amides is 2. The van der Waals surface area contributed by atoms with Crippen molar-refractivity contribution in [3.05, 3.63) is 24.3 Å². The number of hydrogen-bond donors (Lipinski definition) is 2. The van der Waals surface area contributed by atoms with Gasteiger partial charge in [0.25, 0.3) is 0 Å². The van der Waals surface area contributed by atoms with E-state index in [1.165, 1.54) is 25.8 Å². The van der Waals surface area contributed by atoms with Gasteiger partial charge in [-0.3, -0.25) is 0 Å². The second kappa shape index (κ2) is 10.6. The van der Waals surface area contributed by atoms with Crippen LogP contribution in [0.25, 0.3) is 0 Å². The number of hydrogen-bond acceptors (Lipinski definition) is 4. The first-order valence-corrected chi connectivity index (χ1v) is 10.8. The lowest BCUT2D eigenvalue weighted by Gasteiger charge is -2.33. The maximum atomic E-state index is 12.1. The van der Waals surface area contributed by atoms with Gasteiger partial charge in [-0.1, -0.05) is 18.6 Å². The normalized spacial score (nSPS) is 22.9. The number of nitrogens with one attached hydrogen (secondary N) is 2. The Morgan fingerprint density at radius 1 is 1.18 bits per heavy atom. The number of methoxy groups -OCH3 is 1. The van der Waals surface area contributed by atoms with E-state index < -0.39 is 0 Å². The highest BCUT2D eigenvalue weighted by Crippen LogP contribution is 2.31. The molecule has 0 bridgehead atoms. The highest BCUT2D eigenvalue weighted by molar-refractivity contribution is 5.73. The van der Waals surface area contributed by atoms with Gasteiger partial charge in [-0.05, 0) is 57.2 Å². The Morgan fingerprint density at radius 3 is 2.86 bits per heavy atom. The molecule has 0 spiro atoms. The molecular weight excluding hydrogens is 352 g/mol. The smallest absolute Gasteiger partial charge is 0.314 e. The highest BCUT2D eigenvalue weighted by Gasteiger charge is 2.24. The Hall–Kier alpha value is -1.95. The fraction of sp³-hybridized carbons (Fsp3) is 0.682. The van der Waals surface area contributed by atoms with Gasteiger partial charge in [0.05, 0.1) is 12.8 Å². The Labute approximate surface area is 169 Å². The molecule has 6 nitrogen and oxygen atoms in total. The maximum Gasteiger partial charge on any atom is 0.314 e. The van der Waals surface area contributed by atoms with E-state index in [0.717, 1.165) is 57.0 Å². The van der Waals surface area contributed by atoms with Crippen LogP contribution in [0.4, 0.5) is 10.5 Å². The lowest BCUT2D eigenvalue weighted by atomic mass is 10.0. The number of nitrogens with zero attached hydrogens (tertiary/aromatic N) is 2. The zero-order chi connectivity index (χ0) is 19.8. The summed E-state index contributed by atoms with van der Waals surface area (Å²) in [6.45, 7) is 8.02. The Kier molecular flexibility index (Phi) is 7.83. The molecule has 6 heteroatoms. The quantitative estimate of drug-likeness (QED) is 0.672. The molecule has 0 radical (unpaired) electrons. The molecular formula is C22H36N4O2. The van der Waals surface area contributed by atoms with E-state index >= 15 is 0 Å². The van der Waals surface area contributed by atoms with Gasteiger partial charge >= 0.3 is 6.03 Å². The van der Waals surface area contributed by atoms with E-state index in [0.29, 0.717) is 12.0 Å². The molecule has 2 atom stereocenters. The standard InChI is InChI=1S/C22H36N4O2/c1-18-8-5-6-13-25(18)14-7-12-23-22(27)24-16-19-11-15-26(17-19)20-9-3-4-10-21(20)28-2/h3-4,9-10,18-19H,5-8,11-17H2,1-2H3,(H2,23,24,27). The van der Waals surface area contributed by atoms with Crippen molar-refractivity contribution in [2.75, 3.05) is 51.3 Å². The summed E-state index contributed by atoms with van der Waals surface area (Å²) in [5.41, 5.74) is 1.14. The number of likely N-dealkylation sites (tertiary alicyclic amines) is 1. The van der Waals surface area contributed by atoms with Gasteiger partial charge in [0.1, 0.15) is 5.75 Å². The SMILES string of the molecule is COc1ccccc1N1CCC(CNC(=O)NCCCN2CCCCC2C)C1. The van der Waals surface area contributed by atoms with Crippen molar-refractivity contribution >= 4 is 11.7 Å².